The first kappa shape index (κ1) is 15.2. The number of methoxy groups -OCH3 is 1. The van der Waals surface area contributed by atoms with E-state index in [1.807, 2.05) is 0 Å². The maximum atomic E-state index is 5.63. The molecule has 0 bridgehead atoms. The molecule has 0 amide bonds. The minimum absolute atomic E-state index is 0.379. The highest BCUT2D eigenvalue weighted by atomic mass is 16.5. The second-order valence-corrected chi connectivity index (χ2v) is 4.91. The summed E-state index contributed by atoms with van der Waals surface area (Å²) in [4.78, 5) is 0. The number of ether oxygens (including phenoxy) is 1. The van der Waals surface area contributed by atoms with Crippen LogP contribution < -0.4 is 11.3 Å². The number of hydrazine groups is 1. The van der Waals surface area contributed by atoms with E-state index in [1.54, 1.807) is 7.11 Å². The number of rotatable bonds is 9. The topological polar surface area (TPSA) is 47.3 Å². The molecule has 0 aromatic heterocycles. The molecule has 102 valence electrons. The second kappa shape index (κ2) is 9.09. The van der Waals surface area contributed by atoms with Gasteiger partial charge in [0.2, 0.25) is 0 Å². The van der Waals surface area contributed by atoms with E-state index in [2.05, 4.69) is 42.7 Å². The first-order valence-electron chi connectivity index (χ1n) is 6.77. The average Bonchev–Trinajstić information content (AvgIpc) is 2.42. The molecular formula is C15H26N2O. The quantitative estimate of drug-likeness (QED) is 0.523. The van der Waals surface area contributed by atoms with Gasteiger partial charge in [0.1, 0.15) is 0 Å². The summed E-state index contributed by atoms with van der Waals surface area (Å²) in [6.07, 6.45) is 4.44. The lowest BCUT2D eigenvalue weighted by Crippen LogP contribution is -2.40. The van der Waals surface area contributed by atoms with Crippen molar-refractivity contribution in [3.8, 4) is 0 Å². The molecule has 0 saturated heterocycles. The molecule has 0 aliphatic heterocycles. The van der Waals surface area contributed by atoms with Crippen LogP contribution >= 0.6 is 0 Å². The lowest BCUT2D eigenvalue weighted by atomic mass is 9.93. The summed E-state index contributed by atoms with van der Waals surface area (Å²) < 4.78 is 5.11. The van der Waals surface area contributed by atoms with Crippen molar-refractivity contribution in [2.75, 3.05) is 13.7 Å². The maximum absolute atomic E-state index is 5.63. The van der Waals surface area contributed by atoms with Gasteiger partial charge in [-0.05, 0) is 37.2 Å². The summed E-state index contributed by atoms with van der Waals surface area (Å²) in [6, 6.07) is 11.0. The zero-order valence-corrected chi connectivity index (χ0v) is 11.6. The van der Waals surface area contributed by atoms with Crippen LogP contribution in [-0.4, -0.2) is 19.8 Å². The lowest BCUT2D eigenvalue weighted by molar-refractivity contribution is 0.168. The van der Waals surface area contributed by atoms with Crippen molar-refractivity contribution >= 4 is 0 Å². The Morgan fingerprint density at radius 1 is 1.22 bits per heavy atom. The minimum Gasteiger partial charge on any atom is -0.385 e. The Morgan fingerprint density at radius 2 is 1.94 bits per heavy atom. The monoisotopic (exact) mass is 250 g/mol. The van der Waals surface area contributed by atoms with Crippen molar-refractivity contribution in [2.24, 2.45) is 11.8 Å². The Bertz CT molecular complexity index is 303. The zero-order valence-electron chi connectivity index (χ0n) is 11.6. The van der Waals surface area contributed by atoms with Crippen LogP contribution in [0.25, 0.3) is 0 Å². The standard InChI is InChI=1S/C15H26N2O/c1-13(11-12-18-2)15(17-16)10-6-9-14-7-4-3-5-8-14/h3-5,7-8,13,15,17H,6,9-12,16H2,1-2H3. The Kier molecular flexibility index (Phi) is 7.65. The van der Waals surface area contributed by atoms with Gasteiger partial charge in [0.25, 0.3) is 0 Å². The number of hydrogen-bond donors (Lipinski definition) is 2. The summed E-state index contributed by atoms with van der Waals surface area (Å²) in [5.74, 6) is 6.18. The molecule has 0 aliphatic carbocycles. The van der Waals surface area contributed by atoms with Crippen molar-refractivity contribution in [1.82, 2.24) is 5.43 Å². The van der Waals surface area contributed by atoms with E-state index in [0.29, 0.717) is 12.0 Å². The summed E-state index contributed by atoms with van der Waals surface area (Å²) in [6.45, 7) is 3.03. The molecule has 2 atom stereocenters. The molecule has 0 saturated carbocycles. The summed E-state index contributed by atoms with van der Waals surface area (Å²) in [5, 5.41) is 0. The fourth-order valence-electron chi connectivity index (χ4n) is 2.21. The molecule has 0 aliphatic rings. The predicted molar refractivity (Wildman–Crippen MR) is 76.1 cm³/mol. The van der Waals surface area contributed by atoms with Crippen LogP contribution in [0.5, 0.6) is 0 Å². The van der Waals surface area contributed by atoms with Crippen molar-refractivity contribution < 1.29 is 4.74 Å². The van der Waals surface area contributed by atoms with Gasteiger partial charge in [-0.15, -0.1) is 0 Å². The minimum atomic E-state index is 0.379. The van der Waals surface area contributed by atoms with Crippen molar-refractivity contribution in [1.29, 1.82) is 0 Å². The molecular weight excluding hydrogens is 224 g/mol. The zero-order chi connectivity index (χ0) is 13.2. The van der Waals surface area contributed by atoms with Crippen molar-refractivity contribution in [3.63, 3.8) is 0 Å². The molecule has 3 nitrogen and oxygen atoms in total. The summed E-state index contributed by atoms with van der Waals surface area (Å²) in [5.41, 5.74) is 4.34. The van der Waals surface area contributed by atoms with E-state index in [-0.39, 0.29) is 0 Å². The number of benzene rings is 1. The van der Waals surface area contributed by atoms with E-state index < -0.39 is 0 Å². The van der Waals surface area contributed by atoms with Crippen LogP contribution in [0.2, 0.25) is 0 Å². The van der Waals surface area contributed by atoms with E-state index in [0.717, 1.165) is 32.3 Å². The van der Waals surface area contributed by atoms with Gasteiger partial charge >= 0.3 is 0 Å². The highest BCUT2D eigenvalue weighted by Crippen LogP contribution is 2.14. The van der Waals surface area contributed by atoms with Crippen LogP contribution in [0.3, 0.4) is 0 Å². The number of hydrogen-bond acceptors (Lipinski definition) is 3. The van der Waals surface area contributed by atoms with Gasteiger partial charge in [-0.25, -0.2) is 0 Å². The molecule has 0 fully saturated rings. The predicted octanol–water partition coefficient (Wildman–Crippen LogP) is 2.51. The first-order chi connectivity index (χ1) is 8.77. The molecule has 3 N–H and O–H groups in total. The van der Waals surface area contributed by atoms with Gasteiger partial charge in [0.15, 0.2) is 0 Å². The third-order valence-electron chi connectivity index (χ3n) is 3.50. The summed E-state index contributed by atoms with van der Waals surface area (Å²) in [7, 11) is 1.74. The second-order valence-electron chi connectivity index (χ2n) is 4.91. The van der Waals surface area contributed by atoms with Gasteiger partial charge in [0.05, 0.1) is 0 Å². The van der Waals surface area contributed by atoms with Crippen molar-refractivity contribution in [2.45, 2.75) is 38.6 Å². The highest BCUT2D eigenvalue weighted by Gasteiger charge is 2.14. The third-order valence-corrected chi connectivity index (χ3v) is 3.50. The maximum Gasteiger partial charge on any atom is 0.0465 e. The smallest absolute Gasteiger partial charge is 0.0465 e. The third kappa shape index (κ3) is 5.63. The molecule has 1 rings (SSSR count). The number of aryl methyl sites for hydroxylation is 1. The lowest BCUT2D eigenvalue weighted by Gasteiger charge is -2.23. The number of nitrogens with two attached hydrogens (primary N) is 1. The van der Waals surface area contributed by atoms with Gasteiger partial charge in [-0.2, -0.15) is 0 Å². The molecule has 0 spiro atoms. The molecule has 18 heavy (non-hydrogen) atoms. The molecule has 2 unspecified atom stereocenters. The Morgan fingerprint density at radius 3 is 2.56 bits per heavy atom. The Labute approximate surface area is 111 Å². The van der Waals surface area contributed by atoms with E-state index >= 15 is 0 Å². The van der Waals surface area contributed by atoms with Crippen molar-refractivity contribution in [3.05, 3.63) is 35.9 Å². The van der Waals surface area contributed by atoms with E-state index in [9.17, 15) is 0 Å². The van der Waals surface area contributed by atoms with Crippen LogP contribution in [0, 0.1) is 5.92 Å². The fourth-order valence-corrected chi connectivity index (χ4v) is 2.21. The normalized spacial score (nSPS) is 14.4. The van der Waals surface area contributed by atoms with Gasteiger partial charge in [0, 0.05) is 19.8 Å². The Hall–Kier alpha value is -0.900. The van der Waals surface area contributed by atoms with Gasteiger partial charge in [-0.1, -0.05) is 37.3 Å². The largest absolute Gasteiger partial charge is 0.385 e. The number of nitrogens with one attached hydrogen (secondary N) is 1. The summed E-state index contributed by atoms with van der Waals surface area (Å²) >= 11 is 0. The SMILES string of the molecule is COCCC(C)C(CCCc1ccccc1)NN. The highest BCUT2D eigenvalue weighted by molar-refractivity contribution is 5.14. The van der Waals surface area contributed by atoms with Gasteiger partial charge < -0.3 is 4.74 Å². The van der Waals surface area contributed by atoms with Crippen LogP contribution in [0.4, 0.5) is 0 Å². The van der Waals surface area contributed by atoms with Crippen LogP contribution in [0.15, 0.2) is 30.3 Å². The Balaban J connectivity index is 2.26. The fraction of sp³-hybridized carbons (Fsp3) is 0.600. The molecule has 0 heterocycles. The van der Waals surface area contributed by atoms with E-state index in [4.69, 9.17) is 10.6 Å². The molecule has 1 aromatic carbocycles. The van der Waals surface area contributed by atoms with Crippen LogP contribution in [0.1, 0.15) is 31.7 Å². The molecule has 0 radical (unpaired) electrons. The average molecular weight is 250 g/mol. The first-order valence-corrected chi connectivity index (χ1v) is 6.77. The van der Waals surface area contributed by atoms with E-state index in [1.165, 1.54) is 5.56 Å². The van der Waals surface area contributed by atoms with Gasteiger partial charge in [-0.3, -0.25) is 11.3 Å². The molecule has 1 aromatic rings. The van der Waals surface area contributed by atoms with Crippen LogP contribution in [-0.2, 0) is 11.2 Å². The molecule has 3 heteroatoms.